The van der Waals surface area contributed by atoms with Crippen molar-refractivity contribution < 1.29 is 9.47 Å². The summed E-state index contributed by atoms with van der Waals surface area (Å²) in [5.41, 5.74) is 3.20. The van der Waals surface area contributed by atoms with Crippen LogP contribution in [-0.4, -0.2) is 50.5 Å². The maximum absolute atomic E-state index is 6.58. The zero-order valence-corrected chi connectivity index (χ0v) is 15.1. The van der Waals surface area contributed by atoms with Gasteiger partial charge in [0.25, 0.3) is 0 Å². The van der Waals surface area contributed by atoms with Gasteiger partial charge in [0.15, 0.2) is 0 Å². The predicted octanol–water partition coefficient (Wildman–Crippen LogP) is 2.99. The van der Waals surface area contributed by atoms with E-state index in [4.69, 9.17) is 21.1 Å². The summed E-state index contributed by atoms with van der Waals surface area (Å²) in [4.78, 5) is 7.00. The second kappa shape index (κ2) is 7.87. The second-order valence-corrected chi connectivity index (χ2v) is 6.97. The van der Waals surface area contributed by atoms with Gasteiger partial charge in [0, 0.05) is 43.7 Å². The van der Waals surface area contributed by atoms with Gasteiger partial charge in [-0.2, -0.15) is 0 Å². The number of hydrogen-bond acceptors (Lipinski definition) is 5. The predicted molar refractivity (Wildman–Crippen MR) is 100 cm³/mol. The Kier molecular flexibility index (Phi) is 5.36. The van der Waals surface area contributed by atoms with Crippen LogP contribution >= 0.6 is 11.6 Å². The van der Waals surface area contributed by atoms with E-state index < -0.39 is 0 Å². The molecule has 2 fully saturated rings. The van der Waals surface area contributed by atoms with E-state index in [1.807, 2.05) is 12.1 Å². The van der Waals surface area contributed by atoms with Gasteiger partial charge in [0.1, 0.15) is 5.15 Å². The fourth-order valence-corrected chi connectivity index (χ4v) is 3.92. The molecule has 1 aromatic heterocycles. The molecular weight excluding hydrogens is 338 g/mol. The summed E-state index contributed by atoms with van der Waals surface area (Å²) >= 11 is 6.58. The highest BCUT2D eigenvalue weighted by molar-refractivity contribution is 6.31. The number of rotatable bonds is 5. The van der Waals surface area contributed by atoms with Gasteiger partial charge in [-0.1, -0.05) is 29.8 Å². The molecule has 2 aliphatic heterocycles. The molecule has 2 aromatic rings. The van der Waals surface area contributed by atoms with E-state index in [1.54, 1.807) is 0 Å². The molecule has 2 aliphatic rings. The average molecular weight is 362 g/mol. The Bertz CT molecular complexity index is 728. The van der Waals surface area contributed by atoms with Gasteiger partial charge in [-0.3, -0.25) is 0 Å². The van der Waals surface area contributed by atoms with Crippen LogP contribution in [-0.2, 0) is 16.0 Å². The van der Waals surface area contributed by atoms with Gasteiger partial charge < -0.3 is 19.7 Å². The first-order valence-corrected chi connectivity index (χ1v) is 9.43. The first-order valence-electron chi connectivity index (χ1n) is 9.05. The average Bonchev–Trinajstić information content (AvgIpc) is 3.16. The van der Waals surface area contributed by atoms with Crippen molar-refractivity contribution in [3.05, 3.63) is 35.0 Å². The van der Waals surface area contributed by atoms with E-state index >= 15 is 0 Å². The number of aromatic nitrogens is 1. The van der Waals surface area contributed by atoms with E-state index in [0.717, 1.165) is 68.8 Å². The lowest BCUT2D eigenvalue weighted by molar-refractivity contribution is 0.110. The van der Waals surface area contributed by atoms with Crippen LogP contribution < -0.4 is 10.2 Å². The summed E-state index contributed by atoms with van der Waals surface area (Å²) in [5, 5.41) is 5.26. The Hall–Kier alpha value is -1.40. The number of hydrogen-bond donors (Lipinski definition) is 1. The summed E-state index contributed by atoms with van der Waals surface area (Å²) in [6.07, 6.45) is 2.61. The van der Waals surface area contributed by atoms with Crippen LogP contribution in [0.5, 0.6) is 0 Å². The third kappa shape index (κ3) is 3.75. The molecule has 1 aromatic carbocycles. The number of para-hydroxylation sites is 1. The highest BCUT2D eigenvalue weighted by Crippen LogP contribution is 2.34. The zero-order chi connectivity index (χ0) is 17.1. The first-order chi connectivity index (χ1) is 12.3. The molecule has 0 aliphatic carbocycles. The summed E-state index contributed by atoms with van der Waals surface area (Å²) in [5.74, 6) is 0. The number of nitrogens with zero attached hydrogens (tertiary/aromatic N) is 2. The van der Waals surface area contributed by atoms with Crippen molar-refractivity contribution in [3.63, 3.8) is 0 Å². The molecule has 0 amide bonds. The molecule has 3 heterocycles. The number of nitrogens with one attached hydrogen (secondary N) is 1. The van der Waals surface area contributed by atoms with E-state index in [2.05, 4.69) is 27.3 Å². The number of benzene rings is 1. The van der Waals surface area contributed by atoms with Crippen molar-refractivity contribution in [2.24, 2.45) is 0 Å². The fraction of sp³-hybridized carbons (Fsp3) is 0.526. The van der Waals surface area contributed by atoms with E-state index in [-0.39, 0.29) is 0 Å². The number of halogens is 1. The molecule has 134 valence electrons. The number of ether oxygens (including phenoxy) is 2. The molecule has 0 unspecified atom stereocenters. The molecule has 1 N–H and O–H groups in total. The monoisotopic (exact) mass is 361 g/mol. The Balaban J connectivity index is 1.64. The van der Waals surface area contributed by atoms with Crippen molar-refractivity contribution in [2.75, 3.05) is 44.4 Å². The molecule has 4 rings (SSSR count). The highest BCUT2D eigenvalue weighted by Gasteiger charge is 2.22. The van der Waals surface area contributed by atoms with Crippen LogP contribution in [0.1, 0.15) is 18.4 Å². The number of fused-ring (bicyclic) bond motifs is 1. The van der Waals surface area contributed by atoms with Crippen molar-refractivity contribution in [1.82, 2.24) is 10.3 Å². The molecule has 0 bridgehead atoms. The van der Waals surface area contributed by atoms with Gasteiger partial charge in [-0.25, -0.2) is 4.98 Å². The van der Waals surface area contributed by atoms with Crippen molar-refractivity contribution in [3.8, 4) is 0 Å². The highest BCUT2D eigenvalue weighted by atomic mass is 35.5. The van der Waals surface area contributed by atoms with Gasteiger partial charge in [-0.15, -0.1) is 0 Å². The molecule has 0 radical (unpaired) electrons. The SMILES string of the molecule is Clc1nc2ccccc2c(N2CCOCC2)c1CNC[C@H]1CCCO1. The smallest absolute Gasteiger partial charge is 0.136 e. The quantitative estimate of drug-likeness (QED) is 0.829. The second-order valence-electron chi connectivity index (χ2n) is 6.61. The van der Waals surface area contributed by atoms with Crippen LogP contribution in [0.3, 0.4) is 0 Å². The number of morpholine rings is 1. The minimum atomic E-state index is 0.319. The summed E-state index contributed by atoms with van der Waals surface area (Å²) in [7, 11) is 0. The van der Waals surface area contributed by atoms with Crippen LogP contribution in [0.15, 0.2) is 24.3 Å². The molecular formula is C19H24ClN3O2. The Morgan fingerprint density at radius 3 is 2.84 bits per heavy atom. The van der Waals surface area contributed by atoms with Gasteiger partial charge in [0.2, 0.25) is 0 Å². The number of pyridine rings is 1. The third-order valence-electron chi connectivity index (χ3n) is 4.94. The Morgan fingerprint density at radius 1 is 1.20 bits per heavy atom. The lowest BCUT2D eigenvalue weighted by atomic mass is 10.1. The largest absolute Gasteiger partial charge is 0.378 e. The van der Waals surface area contributed by atoms with Crippen molar-refractivity contribution in [1.29, 1.82) is 0 Å². The molecule has 2 saturated heterocycles. The van der Waals surface area contributed by atoms with Crippen LogP contribution in [0.4, 0.5) is 5.69 Å². The molecule has 25 heavy (non-hydrogen) atoms. The van der Waals surface area contributed by atoms with E-state index in [9.17, 15) is 0 Å². The standard InChI is InChI=1S/C19H24ClN3O2/c20-19-16(13-21-12-14-4-3-9-25-14)18(23-7-10-24-11-8-23)15-5-1-2-6-17(15)22-19/h1-2,5-6,14,21H,3-4,7-13H2/t14-/m1/s1. The van der Waals surface area contributed by atoms with E-state index in [1.165, 1.54) is 5.69 Å². The molecule has 1 atom stereocenters. The molecule has 5 nitrogen and oxygen atoms in total. The van der Waals surface area contributed by atoms with Crippen LogP contribution in [0.25, 0.3) is 10.9 Å². The zero-order valence-electron chi connectivity index (χ0n) is 14.3. The first kappa shape index (κ1) is 17.0. The lowest BCUT2D eigenvalue weighted by Gasteiger charge is -2.32. The van der Waals surface area contributed by atoms with Gasteiger partial charge >= 0.3 is 0 Å². The van der Waals surface area contributed by atoms with Gasteiger partial charge in [-0.05, 0) is 18.9 Å². The Morgan fingerprint density at radius 2 is 2.04 bits per heavy atom. The summed E-state index contributed by atoms with van der Waals surface area (Å²) in [6.45, 7) is 5.68. The summed E-state index contributed by atoms with van der Waals surface area (Å²) < 4.78 is 11.2. The van der Waals surface area contributed by atoms with Gasteiger partial charge in [0.05, 0.1) is 30.5 Å². The molecule has 0 spiro atoms. The third-order valence-corrected chi connectivity index (χ3v) is 5.25. The van der Waals surface area contributed by atoms with Crippen molar-refractivity contribution >= 4 is 28.2 Å². The molecule has 6 heteroatoms. The maximum atomic E-state index is 6.58. The maximum Gasteiger partial charge on any atom is 0.136 e. The normalized spacial score (nSPS) is 21.2. The lowest BCUT2D eigenvalue weighted by Crippen LogP contribution is -2.37. The van der Waals surface area contributed by atoms with Crippen LogP contribution in [0.2, 0.25) is 5.15 Å². The minimum absolute atomic E-state index is 0.319. The summed E-state index contributed by atoms with van der Waals surface area (Å²) in [6, 6.07) is 8.22. The fourth-order valence-electron chi connectivity index (χ4n) is 3.67. The van der Waals surface area contributed by atoms with E-state index in [0.29, 0.717) is 17.8 Å². The van der Waals surface area contributed by atoms with Crippen molar-refractivity contribution in [2.45, 2.75) is 25.5 Å². The van der Waals surface area contributed by atoms with Crippen LogP contribution in [0, 0.1) is 0 Å². The number of anilines is 1. The topological polar surface area (TPSA) is 46.6 Å². The molecule has 0 saturated carbocycles. The Labute approximate surface area is 153 Å². The minimum Gasteiger partial charge on any atom is -0.378 e.